The minimum atomic E-state index is 0.853. The molecule has 76 valence electrons. The second-order valence-corrected chi connectivity index (χ2v) is 3.34. The van der Waals surface area contributed by atoms with Crippen LogP contribution in [0, 0.1) is 0 Å². The van der Waals surface area contributed by atoms with Crippen LogP contribution in [0.15, 0.2) is 47.9 Å². The molecule has 0 spiro atoms. The third-order valence-corrected chi connectivity index (χ3v) is 2.40. The first-order chi connectivity index (χ1) is 7.25. The highest BCUT2D eigenvalue weighted by atomic mass is 15.2. The first kappa shape index (κ1) is 9.65. The Kier molecular flexibility index (Phi) is 2.37. The third-order valence-electron chi connectivity index (χ3n) is 2.40. The van der Waals surface area contributed by atoms with Crippen LogP contribution in [0.3, 0.4) is 0 Å². The number of hydrogen-bond acceptors (Lipinski definition) is 3. The van der Waals surface area contributed by atoms with E-state index >= 15 is 0 Å². The number of likely N-dealkylation sites (N-methyl/N-ethyl adjacent to an activating group) is 1. The van der Waals surface area contributed by atoms with Gasteiger partial charge in [-0.1, -0.05) is 12.7 Å². The van der Waals surface area contributed by atoms with Gasteiger partial charge in [-0.25, -0.2) is 0 Å². The number of hydrogen-bond donors (Lipinski definition) is 0. The largest absolute Gasteiger partial charge is 0.341 e. The Balaban J connectivity index is 2.56. The summed E-state index contributed by atoms with van der Waals surface area (Å²) in [5.41, 5.74) is 3.71. The molecular formula is C12H13N3. The van der Waals surface area contributed by atoms with Gasteiger partial charge in [0.2, 0.25) is 0 Å². The van der Waals surface area contributed by atoms with Crippen molar-refractivity contribution in [2.45, 2.75) is 6.92 Å². The molecule has 0 fully saturated rings. The number of aliphatic imine (C=N–C) groups is 1. The molecular weight excluding hydrogens is 186 g/mol. The highest BCUT2D eigenvalue weighted by Gasteiger charge is 2.26. The second-order valence-electron chi connectivity index (χ2n) is 3.34. The summed E-state index contributed by atoms with van der Waals surface area (Å²) >= 11 is 0. The van der Waals surface area contributed by atoms with E-state index in [2.05, 4.69) is 16.6 Å². The van der Waals surface area contributed by atoms with Crippen LogP contribution < -0.4 is 4.90 Å². The molecule has 1 aromatic rings. The fourth-order valence-corrected chi connectivity index (χ4v) is 1.58. The zero-order chi connectivity index (χ0) is 10.8. The van der Waals surface area contributed by atoms with Crippen molar-refractivity contribution in [1.29, 1.82) is 0 Å². The average Bonchev–Trinajstić information content (AvgIpc) is 2.51. The van der Waals surface area contributed by atoms with E-state index in [-0.39, 0.29) is 0 Å². The molecule has 3 nitrogen and oxygen atoms in total. The minimum absolute atomic E-state index is 0.853. The van der Waals surface area contributed by atoms with Crippen molar-refractivity contribution in [2.24, 2.45) is 4.99 Å². The van der Waals surface area contributed by atoms with Gasteiger partial charge in [-0.2, -0.15) is 0 Å². The van der Waals surface area contributed by atoms with Crippen LogP contribution in [-0.2, 0) is 0 Å². The van der Waals surface area contributed by atoms with Crippen LogP contribution in [0.1, 0.15) is 12.6 Å². The highest BCUT2D eigenvalue weighted by Crippen LogP contribution is 2.30. The molecule has 0 bridgehead atoms. The van der Waals surface area contributed by atoms with E-state index in [9.17, 15) is 0 Å². The highest BCUT2D eigenvalue weighted by molar-refractivity contribution is 6.20. The molecule has 0 N–H and O–H groups in total. The molecule has 0 saturated carbocycles. The Morgan fingerprint density at radius 2 is 2.33 bits per heavy atom. The number of aromatic nitrogens is 1. The monoisotopic (exact) mass is 199 g/mol. The van der Waals surface area contributed by atoms with Crippen molar-refractivity contribution in [3.63, 3.8) is 0 Å². The Bertz CT molecular complexity index is 458. The summed E-state index contributed by atoms with van der Waals surface area (Å²) in [6.45, 7) is 5.94. The van der Waals surface area contributed by atoms with E-state index in [1.165, 1.54) is 0 Å². The molecule has 0 aliphatic carbocycles. The van der Waals surface area contributed by atoms with Gasteiger partial charge < -0.3 is 4.90 Å². The fraction of sp³-hybridized carbons (Fsp3) is 0.167. The Labute approximate surface area is 89.5 Å². The molecule has 0 aromatic carbocycles. The lowest BCUT2D eigenvalue weighted by Gasteiger charge is -2.11. The van der Waals surface area contributed by atoms with Crippen molar-refractivity contribution in [3.05, 3.63) is 48.6 Å². The maximum Gasteiger partial charge on any atom is 0.114 e. The molecule has 0 radical (unpaired) electrons. The van der Waals surface area contributed by atoms with Crippen molar-refractivity contribution < 1.29 is 0 Å². The van der Waals surface area contributed by atoms with Crippen LogP contribution in [0.4, 0.5) is 5.69 Å². The predicted octanol–water partition coefficient (Wildman–Crippen LogP) is 2.37. The van der Waals surface area contributed by atoms with Crippen LogP contribution in [0.5, 0.6) is 0 Å². The van der Waals surface area contributed by atoms with Gasteiger partial charge in [0.1, 0.15) is 11.4 Å². The van der Waals surface area contributed by atoms with Gasteiger partial charge >= 0.3 is 0 Å². The summed E-state index contributed by atoms with van der Waals surface area (Å²) in [6, 6.07) is 3.94. The Morgan fingerprint density at radius 3 is 3.07 bits per heavy atom. The van der Waals surface area contributed by atoms with Crippen LogP contribution in [-0.4, -0.2) is 17.7 Å². The van der Waals surface area contributed by atoms with Crippen LogP contribution >= 0.6 is 0 Å². The number of rotatable bonds is 1. The van der Waals surface area contributed by atoms with Gasteiger partial charge in [0.25, 0.3) is 0 Å². The number of fused-ring (bicyclic) bond motifs is 1. The Hall–Kier alpha value is -1.90. The van der Waals surface area contributed by atoms with Gasteiger partial charge in [-0.3, -0.25) is 9.98 Å². The molecule has 3 heteroatoms. The summed E-state index contributed by atoms with van der Waals surface area (Å²) < 4.78 is 0. The van der Waals surface area contributed by atoms with E-state index in [4.69, 9.17) is 0 Å². The first-order valence-corrected chi connectivity index (χ1v) is 4.83. The molecule has 0 unspecified atom stereocenters. The SMILES string of the molecule is C=C1/C(=N\C=C/C)c2ncccc2N1C. The van der Waals surface area contributed by atoms with Crippen LogP contribution in [0.2, 0.25) is 0 Å². The second kappa shape index (κ2) is 3.69. The standard InChI is InChI=1S/C12H13N3/c1-4-7-13-11-9(2)15(3)10-6-5-8-14-12(10)11/h4-8H,2H2,1,3H3/b7-4-,13-11+. The van der Waals surface area contributed by atoms with E-state index in [0.717, 1.165) is 22.8 Å². The fourth-order valence-electron chi connectivity index (χ4n) is 1.58. The van der Waals surface area contributed by atoms with Gasteiger partial charge in [0, 0.05) is 19.4 Å². The number of allylic oxidation sites excluding steroid dienone is 2. The lowest BCUT2D eigenvalue weighted by Crippen LogP contribution is -2.12. The van der Waals surface area contributed by atoms with Gasteiger partial charge in [-0.15, -0.1) is 0 Å². The minimum Gasteiger partial charge on any atom is -0.341 e. The molecule has 1 aliphatic heterocycles. The summed E-state index contributed by atoms with van der Waals surface area (Å²) in [7, 11) is 1.97. The van der Waals surface area contributed by atoms with Crippen LogP contribution in [0.25, 0.3) is 0 Å². The van der Waals surface area contributed by atoms with E-state index in [1.807, 2.05) is 37.1 Å². The summed E-state index contributed by atoms with van der Waals surface area (Å²) in [6.07, 6.45) is 5.43. The summed E-state index contributed by atoms with van der Waals surface area (Å²) in [4.78, 5) is 10.7. The zero-order valence-electron chi connectivity index (χ0n) is 8.94. The summed E-state index contributed by atoms with van der Waals surface area (Å²) in [5.74, 6) is 0. The molecule has 2 heterocycles. The zero-order valence-corrected chi connectivity index (χ0v) is 8.94. The van der Waals surface area contributed by atoms with Gasteiger partial charge in [0.15, 0.2) is 0 Å². The smallest absolute Gasteiger partial charge is 0.114 e. The number of pyridine rings is 1. The first-order valence-electron chi connectivity index (χ1n) is 4.83. The molecule has 1 aliphatic rings. The number of nitrogens with zero attached hydrogens (tertiary/aromatic N) is 3. The maximum atomic E-state index is 4.35. The molecule has 15 heavy (non-hydrogen) atoms. The number of anilines is 1. The van der Waals surface area contributed by atoms with Crippen molar-refractivity contribution in [1.82, 2.24) is 4.98 Å². The maximum absolute atomic E-state index is 4.35. The third kappa shape index (κ3) is 1.46. The van der Waals surface area contributed by atoms with E-state index in [1.54, 1.807) is 12.4 Å². The molecule has 0 saturated heterocycles. The molecule has 1 aromatic heterocycles. The van der Waals surface area contributed by atoms with Gasteiger partial charge in [0.05, 0.1) is 11.4 Å². The molecule has 2 rings (SSSR count). The van der Waals surface area contributed by atoms with Gasteiger partial charge in [-0.05, 0) is 19.1 Å². The summed E-state index contributed by atoms with van der Waals surface area (Å²) in [5, 5.41) is 0. The van der Waals surface area contributed by atoms with E-state index in [0.29, 0.717) is 0 Å². The van der Waals surface area contributed by atoms with E-state index < -0.39 is 0 Å². The molecule has 0 atom stereocenters. The van der Waals surface area contributed by atoms with Crippen molar-refractivity contribution in [3.8, 4) is 0 Å². The quantitative estimate of drug-likeness (QED) is 0.694. The Morgan fingerprint density at radius 1 is 1.53 bits per heavy atom. The van der Waals surface area contributed by atoms with Crippen molar-refractivity contribution >= 4 is 11.4 Å². The molecule has 0 amide bonds. The lowest BCUT2D eigenvalue weighted by atomic mass is 10.2. The predicted molar refractivity (Wildman–Crippen MR) is 63.1 cm³/mol. The van der Waals surface area contributed by atoms with Crippen molar-refractivity contribution in [2.75, 3.05) is 11.9 Å². The topological polar surface area (TPSA) is 28.5 Å². The average molecular weight is 199 g/mol. The normalized spacial score (nSPS) is 17.9. The lowest BCUT2D eigenvalue weighted by molar-refractivity contribution is 1.18.